The summed E-state index contributed by atoms with van der Waals surface area (Å²) < 4.78 is 17.9. The van der Waals surface area contributed by atoms with Gasteiger partial charge in [-0.15, -0.1) is 0 Å². The summed E-state index contributed by atoms with van der Waals surface area (Å²) in [5, 5.41) is 10.6. The van der Waals surface area contributed by atoms with Crippen LogP contribution in [0.5, 0.6) is 5.75 Å². The molecule has 1 fully saturated rings. The Morgan fingerprint density at radius 1 is 1.12 bits per heavy atom. The molecule has 0 bridgehead atoms. The average Bonchev–Trinajstić information content (AvgIpc) is 3.10. The topological polar surface area (TPSA) is 75.7 Å². The lowest BCUT2D eigenvalue weighted by atomic mass is 9.99. The molecule has 0 unspecified atom stereocenters. The van der Waals surface area contributed by atoms with Gasteiger partial charge in [0.15, 0.2) is 0 Å². The Bertz CT molecular complexity index is 1160. The number of carbonyl (C=O) groups is 1. The van der Waals surface area contributed by atoms with E-state index < -0.39 is 5.60 Å². The summed E-state index contributed by atoms with van der Waals surface area (Å²) in [4.78, 5) is 14.1. The van der Waals surface area contributed by atoms with Crippen LogP contribution in [0.3, 0.4) is 0 Å². The van der Waals surface area contributed by atoms with Gasteiger partial charge in [-0.25, -0.2) is 4.79 Å². The number of likely N-dealkylation sites (tertiary alicyclic amines) is 1. The number of rotatable bonds is 3. The van der Waals surface area contributed by atoms with Gasteiger partial charge in [-0.05, 0) is 45.4 Å². The molecule has 0 N–H and O–H groups in total. The van der Waals surface area contributed by atoms with E-state index in [0.29, 0.717) is 42.8 Å². The van der Waals surface area contributed by atoms with Gasteiger partial charge < -0.3 is 18.8 Å². The Kier molecular flexibility index (Phi) is 5.84. The first kappa shape index (κ1) is 21.8. The van der Waals surface area contributed by atoms with Crippen molar-refractivity contribution in [1.82, 2.24) is 4.90 Å². The van der Waals surface area contributed by atoms with E-state index >= 15 is 0 Å². The van der Waals surface area contributed by atoms with Gasteiger partial charge in [-0.1, -0.05) is 30.3 Å². The zero-order chi connectivity index (χ0) is 22.9. The van der Waals surface area contributed by atoms with Crippen molar-refractivity contribution in [1.29, 1.82) is 5.26 Å². The predicted molar refractivity (Wildman–Crippen MR) is 123 cm³/mol. The molecule has 0 spiro atoms. The van der Waals surface area contributed by atoms with Crippen LogP contribution in [0.25, 0.3) is 22.1 Å². The third kappa shape index (κ3) is 4.43. The minimum Gasteiger partial charge on any atom is -0.488 e. The van der Waals surface area contributed by atoms with E-state index in [4.69, 9.17) is 13.9 Å². The second-order valence-electron chi connectivity index (χ2n) is 9.11. The number of hydrogen-bond acceptors (Lipinski definition) is 5. The first-order valence-corrected chi connectivity index (χ1v) is 10.9. The molecule has 2 heterocycles. The molecule has 32 heavy (non-hydrogen) atoms. The van der Waals surface area contributed by atoms with Gasteiger partial charge in [0.05, 0.1) is 10.9 Å². The fourth-order valence-corrected chi connectivity index (χ4v) is 4.09. The van der Waals surface area contributed by atoms with Crippen molar-refractivity contribution in [3.63, 3.8) is 0 Å². The number of aryl methyl sites for hydroxylation is 1. The highest BCUT2D eigenvalue weighted by atomic mass is 16.6. The van der Waals surface area contributed by atoms with Crippen LogP contribution in [0.2, 0.25) is 0 Å². The van der Waals surface area contributed by atoms with Crippen LogP contribution in [-0.2, 0) is 4.74 Å². The smallest absolute Gasteiger partial charge is 0.410 e. The summed E-state index contributed by atoms with van der Waals surface area (Å²) in [6.45, 7) is 8.62. The summed E-state index contributed by atoms with van der Waals surface area (Å²) in [6, 6.07) is 15.8. The number of benzene rings is 2. The van der Waals surface area contributed by atoms with Crippen LogP contribution in [0.1, 0.15) is 44.9 Å². The number of hydrogen-bond donors (Lipinski definition) is 0. The predicted octanol–water partition coefficient (Wildman–Crippen LogP) is 6.06. The van der Waals surface area contributed by atoms with E-state index in [-0.39, 0.29) is 12.2 Å². The number of carbonyl (C=O) groups excluding carboxylic acids is 1. The molecule has 3 aromatic rings. The Morgan fingerprint density at radius 3 is 2.44 bits per heavy atom. The van der Waals surface area contributed by atoms with Crippen LogP contribution >= 0.6 is 0 Å². The maximum atomic E-state index is 12.4. The van der Waals surface area contributed by atoms with Crippen molar-refractivity contribution in [3.8, 4) is 22.9 Å². The van der Waals surface area contributed by atoms with Gasteiger partial charge in [0, 0.05) is 31.5 Å². The highest BCUT2D eigenvalue weighted by Gasteiger charge is 2.29. The second-order valence-corrected chi connectivity index (χ2v) is 9.11. The van der Waals surface area contributed by atoms with Gasteiger partial charge in [-0.3, -0.25) is 0 Å². The first-order chi connectivity index (χ1) is 15.3. The highest BCUT2D eigenvalue weighted by Crippen LogP contribution is 2.42. The summed E-state index contributed by atoms with van der Waals surface area (Å²) in [7, 11) is 0. The van der Waals surface area contributed by atoms with Crippen LogP contribution in [0.15, 0.2) is 46.9 Å². The first-order valence-electron chi connectivity index (χ1n) is 10.9. The summed E-state index contributed by atoms with van der Waals surface area (Å²) in [5.74, 6) is 1.34. The lowest BCUT2D eigenvalue weighted by molar-refractivity contribution is 0.0127. The van der Waals surface area contributed by atoms with Crippen molar-refractivity contribution in [2.45, 2.75) is 52.2 Å². The van der Waals surface area contributed by atoms with Crippen LogP contribution in [0, 0.1) is 18.3 Å². The zero-order valence-corrected chi connectivity index (χ0v) is 19.0. The number of furan rings is 1. The van der Waals surface area contributed by atoms with Crippen molar-refractivity contribution in [3.05, 3.63) is 53.8 Å². The molecule has 4 rings (SSSR count). The Morgan fingerprint density at radius 2 is 1.81 bits per heavy atom. The standard InChI is InChI=1S/C26H28N2O4/c1-17-22(18-8-6-5-7-9-18)23-21(30-17)11-10-19(16-27)24(23)31-20-12-14-28(15-13-20)25(29)32-26(2,3)4/h5-11,20H,12-15H2,1-4H3. The van der Waals surface area contributed by atoms with Crippen LogP contribution in [-0.4, -0.2) is 35.8 Å². The van der Waals surface area contributed by atoms with E-state index in [9.17, 15) is 10.1 Å². The molecular weight excluding hydrogens is 404 g/mol. The zero-order valence-electron chi connectivity index (χ0n) is 19.0. The number of fused-ring (bicyclic) bond motifs is 1. The quantitative estimate of drug-likeness (QED) is 0.503. The largest absolute Gasteiger partial charge is 0.488 e. The SMILES string of the molecule is Cc1oc2ccc(C#N)c(OC3CCN(C(=O)OC(C)(C)C)CC3)c2c1-c1ccccc1. The highest BCUT2D eigenvalue weighted by molar-refractivity contribution is 6.01. The molecule has 0 atom stereocenters. The molecule has 0 radical (unpaired) electrons. The number of piperidine rings is 1. The lowest BCUT2D eigenvalue weighted by Crippen LogP contribution is -2.44. The Hall–Kier alpha value is -3.46. The van der Waals surface area contributed by atoms with Crippen molar-refractivity contribution in [2.24, 2.45) is 0 Å². The molecule has 6 heteroatoms. The second kappa shape index (κ2) is 8.58. The maximum absolute atomic E-state index is 12.4. The molecule has 0 aliphatic carbocycles. The lowest BCUT2D eigenvalue weighted by Gasteiger charge is -2.33. The van der Waals surface area contributed by atoms with Crippen molar-refractivity contribution >= 4 is 17.1 Å². The van der Waals surface area contributed by atoms with E-state index in [1.54, 1.807) is 11.0 Å². The molecule has 1 aromatic heterocycles. The fourth-order valence-electron chi connectivity index (χ4n) is 4.09. The van der Waals surface area contributed by atoms with Crippen molar-refractivity contribution in [2.75, 3.05) is 13.1 Å². The molecule has 166 valence electrons. The molecule has 1 amide bonds. The Labute approximate surface area is 188 Å². The minimum atomic E-state index is -0.519. The van der Waals surface area contributed by atoms with E-state index in [0.717, 1.165) is 22.3 Å². The van der Waals surface area contributed by atoms with E-state index in [2.05, 4.69) is 6.07 Å². The molecule has 0 saturated carbocycles. The fraction of sp³-hybridized carbons (Fsp3) is 0.385. The van der Waals surface area contributed by atoms with Crippen LogP contribution in [0.4, 0.5) is 4.79 Å². The van der Waals surface area contributed by atoms with E-state index in [1.165, 1.54) is 0 Å². The van der Waals surface area contributed by atoms with Crippen molar-refractivity contribution < 1.29 is 18.7 Å². The summed E-state index contributed by atoms with van der Waals surface area (Å²) >= 11 is 0. The summed E-state index contributed by atoms with van der Waals surface area (Å²) in [5.41, 5.74) is 2.61. The third-order valence-corrected chi connectivity index (χ3v) is 5.55. The average molecular weight is 433 g/mol. The third-order valence-electron chi connectivity index (χ3n) is 5.55. The summed E-state index contributed by atoms with van der Waals surface area (Å²) in [6.07, 6.45) is 0.925. The number of nitriles is 1. The molecule has 1 saturated heterocycles. The molecule has 2 aromatic carbocycles. The molecular formula is C26H28N2O4. The number of ether oxygens (including phenoxy) is 2. The van der Waals surface area contributed by atoms with Gasteiger partial charge >= 0.3 is 6.09 Å². The Balaban J connectivity index is 1.61. The molecule has 1 aliphatic rings. The van der Waals surface area contributed by atoms with Gasteiger partial charge in [-0.2, -0.15) is 5.26 Å². The van der Waals surface area contributed by atoms with Gasteiger partial charge in [0.25, 0.3) is 0 Å². The van der Waals surface area contributed by atoms with Gasteiger partial charge in [0.2, 0.25) is 0 Å². The number of nitrogens with zero attached hydrogens (tertiary/aromatic N) is 2. The van der Waals surface area contributed by atoms with Gasteiger partial charge in [0.1, 0.15) is 34.9 Å². The monoisotopic (exact) mass is 432 g/mol. The van der Waals surface area contributed by atoms with E-state index in [1.807, 2.05) is 64.1 Å². The minimum absolute atomic E-state index is 0.106. The molecule has 1 aliphatic heterocycles. The maximum Gasteiger partial charge on any atom is 0.410 e. The normalized spacial score (nSPS) is 14.9. The molecule has 6 nitrogen and oxygen atoms in total. The number of amides is 1. The van der Waals surface area contributed by atoms with Crippen LogP contribution < -0.4 is 4.74 Å².